The summed E-state index contributed by atoms with van der Waals surface area (Å²) in [6.45, 7) is 13.0. The topological polar surface area (TPSA) is 121 Å². The number of nitrogens with zero attached hydrogens (tertiary/aromatic N) is 3. The second-order valence-corrected chi connectivity index (χ2v) is 20.0. The largest absolute Gasteiger partial charge is 0.365 e. The van der Waals surface area contributed by atoms with Gasteiger partial charge < -0.3 is 19.4 Å². The Kier molecular flexibility index (Phi) is 8.13. The Hall–Kier alpha value is -3.75. The van der Waals surface area contributed by atoms with Gasteiger partial charge in [-0.15, -0.1) is 0 Å². The van der Waals surface area contributed by atoms with Gasteiger partial charge >= 0.3 is 0 Å². The molecule has 0 fully saturated rings. The third-order valence-electron chi connectivity index (χ3n) is 7.96. The summed E-state index contributed by atoms with van der Waals surface area (Å²) in [7, 11) is -5.94. The highest BCUT2D eigenvalue weighted by Gasteiger charge is 2.52. The van der Waals surface area contributed by atoms with Crippen molar-refractivity contribution in [2.24, 2.45) is 0 Å². The fourth-order valence-corrected chi connectivity index (χ4v) is 8.03. The lowest BCUT2D eigenvalue weighted by Crippen LogP contribution is -2.41. The van der Waals surface area contributed by atoms with E-state index in [1.807, 2.05) is 26.8 Å². The lowest BCUT2D eigenvalue weighted by atomic mass is 9.93. The van der Waals surface area contributed by atoms with Gasteiger partial charge in [0.25, 0.3) is 4.93 Å². The Morgan fingerprint density at radius 3 is 2.47 bits per heavy atom. The molecule has 2 aromatic heterocycles. The number of aliphatic hydroxyl groups is 1. The predicted octanol–water partition coefficient (Wildman–Crippen LogP) is 6.55. The standard InChI is InChI=1S/C33H38N4O4SSi/c1-7-25-18-23(3)31-27(14-15-35-31)30(25)33(38,42(39,40)26-11-8-22(2)9-12-26)32-36-28-13-10-24(20-34)19-29(28)37(32)21-41-16-17-43(4,5)6/h8-15,18-19,35,38H,7,16-17,21H2,1-6H3. The first-order valence-electron chi connectivity index (χ1n) is 14.4. The van der Waals surface area contributed by atoms with Crippen molar-refractivity contribution in [1.29, 1.82) is 5.26 Å². The van der Waals surface area contributed by atoms with Crippen LogP contribution in [-0.2, 0) is 32.7 Å². The molecule has 1 atom stereocenters. The number of sulfone groups is 1. The Morgan fingerprint density at radius 1 is 1.09 bits per heavy atom. The molecule has 8 nitrogen and oxygen atoms in total. The van der Waals surface area contributed by atoms with Crippen LogP contribution in [0.4, 0.5) is 0 Å². The molecule has 43 heavy (non-hydrogen) atoms. The second kappa shape index (κ2) is 11.4. The molecule has 5 rings (SSSR count). The Balaban J connectivity index is 1.87. The van der Waals surface area contributed by atoms with Crippen molar-refractivity contribution in [2.45, 2.75) is 69.4 Å². The van der Waals surface area contributed by atoms with Crippen LogP contribution in [0.2, 0.25) is 25.7 Å². The zero-order valence-electron chi connectivity index (χ0n) is 25.5. The molecule has 224 valence electrons. The number of hydrogen-bond donors (Lipinski definition) is 2. The number of aromatic amines is 1. The van der Waals surface area contributed by atoms with Crippen molar-refractivity contribution in [3.8, 4) is 6.07 Å². The summed E-state index contributed by atoms with van der Waals surface area (Å²) in [6, 6.07) is 18.3. The van der Waals surface area contributed by atoms with Gasteiger partial charge in [-0.1, -0.05) is 50.3 Å². The van der Waals surface area contributed by atoms with E-state index in [0.717, 1.165) is 22.7 Å². The van der Waals surface area contributed by atoms with Crippen LogP contribution < -0.4 is 0 Å². The number of benzene rings is 3. The average molecular weight is 615 g/mol. The lowest BCUT2D eigenvalue weighted by Gasteiger charge is -2.31. The fraction of sp³-hybridized carbons (Fsp3) is 0.333. The van der Waals surface area contributed by atoms with E-state index >= 15 is 0 Å². The van der Waals surface area contributed by atoms with Gasteiger partial charge in [0.15, 0.2) is 5.82 Å². The zero-order chi connectivity index (χ0) is 31.2. The summed E-state index contributed by atoms with van der Waals surface area (Å²) in [6.07, 6.45) is 2.23. The summed E-state index contributed by atoms with van der Waals surface area (Å²) in [4.78, 5) is 5.40. The van der Waals surface area contributed by atoms with Crippen LogP contribution in [0.5, 0.6) is 0 Å². The summed E-state index contributed by atoms with van der Waals surface area (Å²) in [5.41, 5.74) is 4.89. The van der Waals surface area contributed by atoms with Crippen LogP contribution in [0.25, 0.3) is 21.9 Å². The van der Waals surface area contributed by atoms with Gasteiger partial charge in [0.05, 0.1) is 27.6 Å². The van der Waals surface area contributed by atoms with Crippen LogP contribution in [0.3, 0.4) is 0 Å². The van der Waals surface area contributed by atoms with Gasteiger partial charge in [0, 0.05) is 37.3 Å². The van der Waals surface area contributed by atoms with E-state index in [9.17, 15) is 18.8 Å². The molecule has 0 amide bonds. The van der Waals surface area contributed by atoms with Crippen molar-refractivity contribution < 1.29 is 18.3 Å². The first-order valence-corrected chi connectivity index (χ1v) is 19.6. The van der Waals surface area contributed by atoms with E-state index in [4.69, 9.17) is 9.72 Å². The van der Waals surface area contributed by atoms with Crippen LogP contribution >= 0.6 is 0 Å². The van der Waals surface area contributed by atoms with Gasteiger partial charge in [-0.2, -0.15) is 5.26 Å². The molecule has 0 aliphatic heterocycles. The third-order valence-corrected chi connectivity index (χ3v) is 11.7. The van der Waals surface area contributed by atoms with Crippen LogP contribution in [0, 0.1) is 25.2 Å². The molecule has 3 aromatic carbocycles. The lowest BCUT2D eigenvalue weighted by molar-refractivity contribution is 0.0761. The van der Waals surface area contributed by atoms with E-state index in [-0.39, 0.29) is 23.0 Å². The third kappa shape index (κ3) is 5.42. The molecule has 0 radical (unpaired) electrons. The van der Waals surface area contributed by atoms with Crippen LogP contribution in [-0.4, -0.2) is 42.7 Å². The summed E-state index contributed by atoms with van der Waals surface area (Å²) in [5.74, 6) is -0.0766. The molecule has 0 saturated heterocycles. The molecule has 0 aliphatic carbocycles. The zero-order valence-corrected chi connectivity index (χ0v) is 27.3. The van der Waals surface area contributed by atoms with Crippen molar-refractivity contribution in [2.75, 3.05) is 6.61 Å². The molecule has 5 aromatic rings. The minimum Gasteiger partial charge on any atom is -0.365 e. The molecule has 0 spiro atoms. The highest BCUT2D eigenvalue weighted by molar-refractivity contribution is 7.92. The van der Waals surface area contributed by atoms with Crippen molar-refractivity contribution in [1.82, 2.24) is 14.5 Å². The highest BCUT2D eigenvalue weighted by atomic mass is 32.2. The van der Waals surface area contributed by atoms with Crippen molar-refractivity contribution in [3.05, 3.63) is 94.4 Å². The maximum Gasteiger partial charge on any atom is 0.256 e. The number of nitrogens with one attached hydrogen (secondary N) is 1. The Labute approximate surface area is 253 Å². The molecule has 0 bridgehead atoms. The van der Waals surface area contributed by atoms with Gasteiger partial charge in [0.2, 0.25) is 9.84 Å². The van der Waals surface area contributed by atoms with E-state index in [1.54, 1.807) is 47.2 Å². The number of aryl methyl sites for hydroxylation is 3. The number of ether oxygens (including phenoxy) is 1. The van der Waals surface area contributed by atoms with Crippen molar-refractivity contribution in [3.63, 3.8) is 0 Å². The molecular weight excluding hydrogens is 577 g/mol. The first kappa shape index (κ1) is 30.7. The monoisotopic (exact) mass is 614 g/mol. The van der Waals surface area contributed by atoms with Gasteiger partial charge in [-0.3, -0.25) is 0 Å². The number of nitriles is 1. The van der Waals surface area contributed by atoms with E-state index in [0.29, 0.717) is 40.6 Å². The normalized spacial score (nSPS) is 13.8. The maximum absolute atomic E-state index is 14.9. The first-order chi connectivity index (χ1) is 20.3. The van der Waals surface area contributed by atoms with E-state index < -0.39 is 22.8 Å². The average Bonchev–Trinajstić information content (AvgIpc) is 3.60. The predicted molar refractivity (Wildman–Crippen MR) is 172 cm³/mol. The van der Waals surface area contributed by atoms with E-state index in [2.05, 4.69) is 30.7 Å². The van der Waals surface area contributed by atoms with Crippen LogP contribution in [0.15, 0.2) is 65.7 Å². The van der Waals surface area contributed by atoms with E-state index in [1.165, 1.54) is 12.1 Å². The van der Waals surface area contributed by atoms with Crippen molar-refractivity contribution >= 4 is 39.8 Å². The quantitative estimate of drug-likeness (QED) is 0.136. The number of hydrogen-bond acceptors (Lipinski definition) is 6. The highest BCUT2D eigenvalue weighted by Crippen LogP contribution is 2.45. The number of H-pyrrole nitrogens is 1. The minimum atomic E-state index is -4.53. The summed E-state index contributed by atoms with van der Waals surface area (Å²) < 4.78 is 37.6. The van der Waals surface area contributed by atoms with Gasteiger partial charge in [0.1, 0.15) is 6.73 Å². The number of aromatic nitrogens is 3. The Morgan fingerprint density at radius 2 is 1.81 bits per heavy atom. The van der Waals surface area contributed by atoms with Gasteiger partial charge in [-0.25, -0.2) is 13.4 Å². The molecular formula is C33H38N4O4SSi. The molecule has 10 heteroatoms. The molecule has 0 saturated carbocycles. The number of imidazole rings is 1. The molecule has 0 aliphatic rings. The van der Waals surface area contributed by atoms with Gasteiger partial charge in [-0.05, 0) is 73.8 Å². The minimum absolute atomic E-state index is 0.0251. The number of rotatable bonds is 10. The second-order valence-electron chi connectivity index (χ2n) is 12.3. The maximum atomic E-state index is 14.9. The molecule has 2 N–H and O–H groups in total. The molecule has 1 unspecified atom stereocenters. The SMILES string of the molecule is CCc1cc(C)c2[nH]ccc2c1C(O)(c1nc2ccc(C#N)cc2n1COCC[Si](C)(C)C)S(=O)(=O)c1ccc(C)cc1. The summed E-state index contributed by atoms with van der Waals surface area (Å²) >= 11 is 0. The van der Waals surface area contributed by atoms with Crippen LogP contribution in [0.1, 0.15) is 40.6 Å². The fourth-order valence-electron chi connectivity index (χ4n) is 5.53. The molecule has 2 heterocycles. The Bertz CT molecular complexity index is 1960. The summed E-state index contributed by atoms with van der Waals surface area (Å²) in [5, 5.41) is 23.4. The smallest absolute Gasteiger partial charge is 0.256 e. The number of fused-ring (bicyclic) bond motifs is 2.